The van der Waals surface area contributed by atoms with Crippen molar-refractivity contribution >= 4 is 35.0 Å². The van der Waals surface area contributed by atoms with Crippen molar-refractivity contribution in [1.29, 1.82) is 0 Å². The number of allylic oxidation sites excluding steroid dienone is 3. The molecule has 7 nitrogen and oxygen atoms in total. The average Bonchev–Trinajstić information content (AvgIpc) is 3.89. The summed E-state index contributed by atoms with van der Waals surface area (Å²) in [6.45, 7) is 25.9. The predicted octanol–water partition coefficient (Wildman–Crippen LogP) is 13.1. The number of esters is 1. The second kappa shape index (κ2) is 17.1. The number of nitrogens with zero attached hydrogens (tertiary/aromatic N) is 1. The molecule has 7 aliphatic rings. The molecule has 10 atom stereocenters. The van der Waals surface area contributed by atoms with Gasteiger partial charge in [0.15, 0.2) is 5.78 Å². The maximum atomic E-state index is 15.3. The van der Waals surface area contributed by atoms with Crippen molar-refractivity contribution in [3.8, 4) is 0 Å². The Morgan fingerprint density at radius 3 is 2.09 bits per heavy atom. The number of benzene rings is 2. The summed E-state index contributed by atoms with van der Waals surface area (Å²) in [5, 5.41) is 0. The third-order valence-corrected chi connectivity index (χ3v) is 20.5. The van der Waals surface area contributed by atoms with E-state index in [1.165, 1.54) is 22.3 Å². The molecule has 0 amide bonds. The average molecular weight is 896 g/mol. The number of fused-ring (bicyclic) bond motifs is 7. The van der Waals surface area contributed by atoms with Crippen LogP contribution < -0.4 is 0 Å². The van der Waals surface area contributed by atoms with Crippen LogP contribution in [0.4, 0.5) is 0 Å². The van der Waals surface area contributed by atoms with Gasteiger partial charge in [-0.05, 0) is 143 Å². The van der Waals surface area contributed by atoms with Crippen LogP contribution in [-0.2, 0) is 35.1 Å². The lowest BCUT2D eigenvalue weighted by Gasteiger charge is -2.72. The molecule has 66 heavy (non-hydrogen) atoms. The lowest BCUT2D eigenvalue weighted by molar-refractivity contribution is -0.236. The smallest absolute Gasteiger partial charge is 0.373 e. The summed E-state index contributed by atoms with van der Waals surface area (Å²) >= 11 is 0. The highest BCUT2D eigenvalue weighted by molar-refractivity contribution is 6.09. The van der Waals surface area contributed by atoms with Gasteiger partial charge in [0.1, 0.15) is 11.9 Å². The second-order valence-electron chi connectivity index (χ2n) is 24.9. The van der Waals surface area contributed by atoms with E-state index < -0.39 is 10.8 Å². The zero-order chi connectivity index (χ0) is 47.8. The van der Waals surface area contributed by atoms with Gasteiger partial charge in [0.2, 0.25) is 0 Å². The molecule has 5 fully saturated rings. The van der Waals surface area contributed by atoms with Crippen molar-refractivity contribution in [1.82, 2.24) is 0 Å². The van der Waals surface area contributed by atoms with Crippen molar-refractivity contribution in [2.24, 2.45) is 78.4 Å². The number of ether oxygens (including phenoxy) is 1. The Kier molecular flexibility index (Phi) is 12.5. The fourth-order valence-electron chi connectivity index (χ4n) is 16.4. The van der Waals surface area contributed by atoms with E-state index in [9.17, 15) is 9.59 Å². The molecular weight excluding hydrogens is 819 g/mol. The zero-order valence-corrected chi connectivity index (χ0v) is 42.0. The number of hydrogen-bond acceptors (Lipinski definition) is 7. The van der Waals surface area contributed by atoms with Crippen LogP contribution in [0.25, 0.3) is 5.57 Å². The van der Waals surface area contributed by atoms with Crippen molar-refractivity contribution in [2.75, 3.05) is 0 Å². The first-order valence-electron chi connectivity index (χ1n) is 25.4. The molecule has 0 N–H and O–H groups in total. The minimum Gasteiger partial charge on any atom is -0.462 e. The van der Waals surface area contributed by atoms with Gasteiger partial charge in [-0.3, -0.25) is 19.4 Å². The van der Waals surface area contributed by atoms with Gasteiger partial charge in [-0.1, -0.05) is 137 Å². The molecule has 1 aliphatic heterocycles. The summed E-state index contributed by atoms with van der Waals surface area (Å²) < 4.78 is 6.70. The number of Topliss-reactive ketones (excluding diaryl/α,β-unsaturated/α-hetero) is 2. The van der Waals surface area contributed by atoms with Crippen LogP contribution in [0.1, 0.15) is 164 Å². The minimum atomic E-state index is -0.711. The first-order chi connectivity index (χ1) is 31.0. The van der Waals surface area contributed by atoms with Gasteiger partial charge in [0, 0.05) is 42.0 Å². The van der Waals surface area contributed by atoms with Crippen LogP contribution in [0, 0.1) is 73.4 Å². The molecular formula is C59H77NO6. The van der Waals surface area contributed by atoms with Gasteiger partial charge in [-0.2, -0.15) is 9.59 Å². The molecule has 0 spiro atoms. The molecule has 0 unspecified atom stereocenters. The molecule has 6 aliphatic carbocycles. The topological polar surface area (TPSA) is 107 Å². The normalized spacial score (nSPS) is 36.2. The standard InChI is InChI=1S/C58H77NO4.CO2/c1-36(2)49-43(60)33-58(47(61)34-52(3,4)46-31-39(35-59-46)38-20-16-13-17-21-38)29-28-56(10)41(50(49)58)22-23-45-55(9)26-25-48(54(7,8)44(55)24-27-57(45,56)11)63-51(62)42-32-40(53(42,5)6)30-37-18-14-12-15-19-37;2-1-3/h12-21,35-36,40-42,44-45,48H,22-34H2,1-11H3;/t40-,41-,42-,44+,45-,48+,55+,56-,57-,58+;/m1./s1. The van der Waals surface area contributed by atoms with E-state index in [2.05, 4.69) is 131 Å². The molecule has 0 bridgehead atoms. The van der Waals surface area contributed by atoms with Crippen LogP contribution in [0.2, 0.25) is 0 Å². The molecule has 2 aromatic rings. The monoisotopic (exact) mass is 896 g/mol. The Labute approximate surface area is 395 Å². The fourth-order valence-corrected chi connectivity index (χ4v) is 16.4. The van der Waals surface area contributed by atoms with E-state index in [-0.39, 0.29) is 74.6 Å². The van der Waals surface area contributed by atoms with Crippen LogP contribution >= 0.6 is 0 Å². The van der Waals surface area contributed by atoms with Crippen molar-refractivity contribution in [3.05, 3.63) is 89.1 Å². The SMILES string of the molecule is CC(C)C1=C2[C@H]3CC[C@@H]4[C@@]5(C)CC[C@H](OC(=O)[C@H]6C[C@@H](Cc7ccccc7)C6(C)C)C(C)(C)[C@@H]5CC[C@@]4(C)[C@]3(C)CC[C@@]2(C(=O)CC(C)(C)C2=NC=C(c3ccccc3)C2)CC1=O.O=C=O. The molecule has 2 aromatic carbocycles. The Hall–Kier alpha value is -4.22. The third-order valence-electron chi connectivity index (χ3n) is 20.5. The first kappa shape index (κ1) is 48.2. The summed E-state index contributed by atoms with van der Waals surface area (Å²) in [6, 6.07) is 21.2. The Balaban J connectivity index is 0.00000192. The van der Waals surface area contributed by atoms with Crippen LogP contribution in [-0.4, -0.2) is 35.5 Å². The van der Waals surface area contributed by atoms with Gasteiger partial charge in [-0.15, -0.1) is 0 Å². The van der Waals surface area contributed by atoms with Gasteiger partial charge in [0.25, 0.3) is 0 Å². The second-order valence-corrected chi connectivity index (χ2v) is 24.9. The lowest BCUT2D eigenvalue weighted by atomic mass is 9.33. The molecule has 0 aromatic heterocycles. The Morgan fingerprint density at radius 1 is 0.803 bits per heavy atom. The zero-order valence-electron chi connectivity index (χ0n) is 42.0. The molecule has 9 rings (SSSR count). The number of rotatable bonds is 10. The van der Waals surface area contributed by atoms with Crippen molar-refractivity contribution < 1.29 is 28.7 Å². The highest BCUT2D eigenvalue weighted by Gasteiger charge is 2.71. The van der Waals surface area contributed by atoms with E-state index in [4.69, 9.17) is 19.3 Å². The molecule has 0 radical (unpaired) electrons. The van der Waals surface area contributed by atoms with Crippen molar-refractivity contribution in [3.63, 3.8) is 0 Å². The highest BCUT2D eigenvalue weighted by Crippen LogP contribution is 2.77. The maximum Gasteiger partial charge on any atom is 0.373 e. The van der Waals surface area contributed by atoms with Crippen LogP contribution in [0.15, 0.2) is 83.0 Å². The van der Waals surface area contributed by atoms with Gasteiger partial charge in [0.05, 0.1) is 11.3 Å². The minimum absolute atomic E-state index is 0.0209. The van der Waals surface area contributed by atoms with E-state index >= 15 is 4.79 Å². The number of aliphatic imine (C=N–C) groups is 1. The summed E-state index contributed by atoms with van der Waals surface area (Å²) in [7, 11) is 0. The van der Waals surface area contributed by atoms with Crippen molar-refractivity contribution in [2.45, 2.75) is 166 Å². The summed E-state index contributed by atoms with van der Waals surface area (Å²) in [6.07, 6.45) is 13.7. The van der Waals surface area contributed by atoms with Gasteiger partial charge >= 0.3 is 12.1 Å². The maximum absolute atomic E-state index is 15.3. The molecule has 7 heteroatoms. The first-order valence-corrected chi connectivity index (χ1v) is 25.4. The molecule has 1 heterocycles. The summed E-state index contributed by atoms with van der Waals surface area (Å²) in [5.74, 6) is 2.23. The number of ketones is 2. The van der Waals surface area contributed by atoms with Gasteiger partial charge < -0.3 is 4.74 Å². The molecule has 5 saturated carbocycles. The van der Waals surface area contributed by atoms with Crippen LogP contribution in [0.5, 0.6) is 0 Å². The summed E-state index contributed by atoms with van der Waals surface area (Å²) in [4.78, 5) is 65.0. The number of hydrogen-bond donors (Lipinski definition) is 0. The highest BCUT2D eigenvalue weighted by atomic mass is 16.5. The lowest BCUT2D eigenvalue weighted by Crippen LogP contribution is -2.66. The number of carbonyl (C=O) groups excluding carboxylic acids is 5. The number of carbonyl (C=O) groups is 3. The van der Waals surface area contributed by atoms with E-state index in [0.717, 1.165) is 81.9 Å². The summed E-state index contributed by atoms with van der Waals surface area (Å²) in [5.41, 5.74) is 5.86. The van der Waals surface area contributed by atoms with Gasteiger partial charge in [-0.25, -0.2) is 0 Å². The molecule has 354 valence electrons. The largest absolute Gasteiger partial charge is 0.462 e. The Bertz CT molecular complexity index is 2360. The van der Waals surface area contributed by atoms with E-state index in [0.29, 0.717) is 30.6 Å². The van der Waals surface area contributed by atoms with E-state index in [1.807, 2.05) is 12.3 Å². The van der Waals surface area contributed by atoms with E-state index in [1.54, 1.807) is 0 Å². The molecule has 0 saturated heterocycles. The Morgan fingerprint density at radius 2 is 1.45 bits per heavy atom. The fraction of sp³-hybridized carbons (Fsp3) is 0.644. The predicted molar refractivity (Wildman–Crippen MR) is 260 cm³/mol. The van der Waals surface area contributed by atoms with Crippen LogP contribution in [0.3, 0.4) is 0 Å². The quantitative estimate of drug-likeness (QED) is 0.220. The third kappa shape index (κ3) is 7.52.